The molecule has 2 aromatic heterocycles. The molecule has 5 rings (SSSR count). The van der Waals surface area contributed by atoms with Gasteiger partial charge in [-0.15, -0.1) is 0 Å². The van der Waals surface area contributed by atoms with Gasteiger partial charge in [-0.1, -0.05) is 12.5 Å². The number of amides is 2. The second-order valence-corrected chi connectivity index (χ2v) is 10.7. The van der Waals surface area contributed by atoms with E-state index < -0.39 is 17.1 Å². The van der Waals surface area contributed by atoms with Crippen LogP contribution in [0.2, 0.25) is 0 Å². The fraction of sp³-hybridized carbons (Fsp3) is 0.615. The minimum absolute atomic E-state index is 0.199. The lowest BCUT2D eigenvalue weighted by Crippen LogP contribution is -2.50. The van der Waals surface area contributed by atoms with Crippen molar-refractivity contribution in [3.8, 4) is 0 Å². The molecule has 188 valence electrons. The highest BCUT2D eigenvalue weighted by Gasteiger charge is 2.51. The maximum atomic E-state index is 16.3. The molecular formula is C26H34FN5O3. The number of rotatable bonds is 4. The summed E-state index contributed by atoms with van der Waals surface area (Å²) in [4.78, 5) is 32.0. The monoisotopic (exact) mass is 483 g/mol. The number of ether oxygens (including phenoxy) is 1. The first-order chi connectivity index (χ1) is 16.8. The SMILES string of the molecule is CC1(C)c2[nH]nc(NC(=O)c3ccccn3)c2CN1C(=O)C1(F)CCCC(C2CCOCC2)CC1. The smallest absolute Gasteiger partial charge is 0.275 e. The molecule has 8 nitrogen and oxygen atoms in total. The van der Waals surface area contributed by atoms with Gasteiger partial charge < -0.3 is 15.0 Å². The summed E-state index contributed by atoms with van der Waals surface area (Å²) < 4.78 is 21.8. The molecule has 9 heteroatoms. The molecule has 0 spiro atoms. The Hall–Kier alpha value is -2.81. The Balaban J connectivity index is 1.30. The van der Waals surface area contributed by atoms with Crippen molar-refractivity contribution in [2.24, 2.45) is 11.8 Å². The maximum absolute atomic E-state index is 16.3. The number of alkyl halides is 1. The van der Waals surface area contributed by atoms with Crippen molar-refractivity contribution in [1.29, 1.82) is 0 Å². The molecule has 0 aromatic carbocycles. The van der Waals surface area contributed by atoms with Gasteiger partial charge in [-0.25, -0.2) is 4.39 Å². The molecule has 3 aliphatic rings. The number of halogens is 1. The molecule has 0 radical (unpaired) electrons. The van der Waals surface area contributed by atoms with E-state index in [2.05, 4.69) is 20.5 Å². The number of aromatic amines is 1. The van der Waals surface area contributed by atoms with Crippen molar-refractivity contribution >= 4 is 17.6 Å². The standard InChI is InChI=1S/C26H34FN5O3/c1-25(2)21-19(22(31-30-21)29-23(33)20-7-3-4-13-28-20)16-32(25)24(34)26(27)11-5-6-17(8-12-26)18-9-14-35-15-10-18/h3-4,7,13,17-18H,5-6,8-12,14-16H2,1-2H3,(H2,29,30,31,33). The van der Waals surface area contributed by atoms with Crippen molar-refractivity contribution in [3.05, 3.63) is 41.3 Å². The fourth-order valence-electron chi connectivity index (χ4n) is 6.06. The van der Waals surface area contributed by atoms with Gasteiger partial charge >= 0.3 is 0 Å². The lowest BCUT2D eigenvalue weighted by Gasteiger charge is -2.37. The van der Waals surface area contributed by atoms with E-state index in [1.54, 1.807) is 29.3 Å². The lowest BCUT2D eigenvalue weighted by molar-refractivity contribution is -0.151. The second-order valence-electron chi connectivity index (χ2n) is 10.7. The van der Waals surface area contributed by atoms with Gasteiger partial charge in [-0.05, 0) is 76.3 Å². The molecular weight excluding hydrogens is 449 g/mol. The van der Waals surface area contributed by atoms with E-state index in [4.69, 9.17) is 4.74 Å². The highest BCUT2D eigenvalue weighted by molar-refractivity contribution is 6.02. The molecule has 2 aliphatic heterocycles. The minimum Gasteiger partial charge on any atom is -0.381 e. The van der Waals surface area contributed by atoms with Gasteiger partial charge in [0.25, 0.3) is 11.8 Å². The largest absolute Gasteiger partial charge is 0.381 e. The number of nitrogens with one attached hydrogen (secondary N) is 2. The first-order valence-corrected chi connectivity index (χ1v) is 12.7. The summed E-state index contributed by atoms with van der Waals surface area (Å²) in [7, 11) is 0. The summed E-state index contributed by atoms with van der Waals surface area (Å²) >= 11 is 0. The predicted octanol–water partition coefficient (Wildman–Crippen LogP) is 4.35. The van der Waals surface area contributed by atoms with Gasteiger partial charge in [-0.2, -0.15) is 5.10 Å². The van der Waals surface area contributed by atoms with Crippen LogP contribution in [0.25, 0.3) is 0 Å². The maximum Gasteiger partial charge on any atom is 0.275 e. The normalized spacial score (nSPS) is 26.7. The number of fused-ring (bicyclic) bond motifs is 1. The zero-order chi connectivity index (χ0) is 24.6. The first-order valence-electron chi connectivity index (χ1n) is 12.7. The third-order valence-electron chi connectivity index (χ3n) is 8.22. The number of carbonyl (C=O) groups excluding carboxylic acids is 2. The molecule has 2 fully saturated rings. The summed E-state index contributed by atoms with van der Waals surface area (Å²) in [5, 5.41) is 10.0. The van der Waals surface area contributed by atoms with E-state index in [1.807, 2.05) is 13.8 Å². The zero-order valence-corrected chi connectivity index (χ0v) is 20.5. The average molecular weight is 484 g/mol. The Labute approximate surface area is 205 Å². The number of carbonyl (C=O) groups is 2. The molecule has 1 saturated heterocycles. The summed E-state index contributed by atoms with van der Waals surface area (Å²) in [5.41, 5.74) is -0.927. The Morgan fingerprint density at radius 2 is 1.91 bits per heavy atom. The molecule has 1 saturated carbocycles. The van der Waals surface area contributed by atoms with Crippen LogP contribution in [0, 0.1) is 11.8 Å². The van der Waals surface area contributed by atoms with Crippen LogP contribution < -0.4 is 5.32 Å². The van der Waals surface area contributed by atoms with Crippen LogP contribution >= 0.6 is 0 Å². The number of pyridine rings is 1. The van der Waals surface area contributed by atoms with Crippen molar-refractivity contribution in [3.63, 3.8) is 0 Å². The van der Waals surface area contributed by atoms with Gasteiger partial charge in [0.05, 0.1) is 17.8 Å². The van der Waals surface area contributed by atoms with E-state index in [-0.39, 0.29) is 31.0 Å². The van der Waals surface area contributed by atoms with Crippen molar-refractivity contribution in [1.82, 2.24) is 20.1 Å². The van der Waals surface area contributed by atoms with Crippen molar-refractivity contribution < 1.29 is 18.7 Å². The van der Waals surface area contributed by atoms with Crippen LogP contribution in [0.5, 0.6) is 0 Å². The first kappa shape index (κ1) is 23.9. The third kappa shape index (κ3) is 4.46. The number of hydrogen-bond acceptors (Lipinski definition) is 5. The summed E-state index contributed by atoms with van der Waals surface area (Å²) in [6, 6.07) is 5.09. The Bertz CT molecular complexity index is 1080. The number of anilines is 1. The molecule has 35 heavy (non-hydrogen) atoms. The number of H-pyrrole nitrogens is 1. The molecule has 0 bridgehead atoms. The minimum atomic E-state index is -1.87. The zero-order valence-electron chi connectivity index (χ0n) is 20.5. The fourth-order valence-corrected chi connectivity index (χ4v) is 6.06. The van der Waals surface area contributed by atoms with Crippen LogP contribution in [0.1, 0.15) is 80.5 Å². The number of aromatic nitrogens is 3. The quantitative estimate of drug-likeness (QED) is 0.630. The van der Waals surface area contributed by atoms with E-state index in [1.165, 1.54) is 0 Å². The van der Waals surface area contributed by atoms with Crippen LogP contribution in [-0.2, 0) is 21.6 Å². The Morgan fingerprint density at radius 3 is 2.66 bits per heavy atom. The van der Waals surface area contributed by atoms with Crippen LogP contribution in [0.3, 0.4) is 0 Å². The molecule has 2 N–H and O–H groups in total. The summed E-state index contributed by atoms with van der Waals surface area (Å²) in [6.45, 7) is 5.56. The topological polar surface area (TPSA) is 100 Å². The van der Waals surface area contributed by atoms with Gasteiger partial charge in [0.2, 0.25) is 0 Å². The summed E-state index contributed by atoms with van der Waals surface area (Å²) in [5.74, 6) is 0.545. The molecule has 2 atom stereocenters. The Kier molecular flexibility index (Phi) is 6.38. The lowest BCUT2D eigenvalue weighted by atomic mass is 9.81. The summed E-state index contributed by atoms with van der Waals surface area (Å²) in [6.07, 6.45) is 6.56. The molecule has 4 heterocycles. The van der Waals surface area contributed by atoms with Gasteiger partial charge in [0, 0.05) is 25.0 Å². The third-order valence-corrected chi connectivity index (χ3v) is 8.22. The average Bonchev–Trinajstić information content (AvgIpc) is 3.30. The van der Waals surface area contributed by atoms with Crippen molar-refractivity contribution in [2.75, 3.05) is 18.5 Å². The van der Waals surface area contributed by atoms with E-state index in [0.717, 1.165) is 51.0 Å². The van der Waals surface area contributed by atoms with E-state index in [0.29, 0.717) is 23.2 Å². The predicted molar refractivity (Wildman–Crippen MR) is 128 cm³/mol. The van der Waals surface area contributed by atoms with Crippen LogP contribution in [0.15, 0.2) is 24.4 Å². The number of hydrogen-bond donors (Lipinski definition) is 2. The molecule has 2 aromatic rings. The second kappa shape index (κ2) is 9.33. The van der Waals surface area contributed by atoms with Crippen LogP contribution in [-0.4, -0.2) is 50.8 Å². The highest BCUT2D eigenvalue weighted by atomic mass is 19.1. The molecule has 2 unspecified atom stereocenters. The van der Waals surface area contributed by atoms with Crippen molar-refractivity contribution in [2.45, 2.75) is 76.5 Å². The molecule has 1 aliphatic carbocycles. The van der Waals surface area contributed by atoms with Gasteiger partial charge in [-0.3, -0.25) is 19.7 Å². The van der Waals surface area contributed by atoms with E-state index >= 15 is 4.39 Å². The Morgan fingerprint density at radius 1 is 1.14 bits per heavy atom. The van der Waals surface area contributed by atoms with E-state index in [9.17, 15) is 9.59 Å². The van der Waals surface area contributed by atoms with Gasteiger partial charge in [0.1, 0.15) is 5.69 Å². The van der Waals surface area contributed by atoms with Crippen LogP contribution in [0.4, 0.5) is 10.2 Å². The molecule has 2 amide bonds. The number of nitrogens with zero attached hydrogens (tertiary/aromatic N) is 3. The highest BCUT2D eigenvalue weighted by Crippen LogP contribution is 2.45. The van der Waals surface area contributed by atoms with Gasteiger partial charge in [0.15, 0.2) is 11.5 Å².